The third-order valence-electron chi connectivity index (χ3n) is 4.95. The molecule has 5 nitrogen and oxygen atoms in total. The van der Waals surface area contributed by atoms with E-state index in [0.717, 1.165) is 48.4 Å². The van der Waals surface area contributed by atoms with Crippen molar-refractivity contribution in [2.75, 3.05) is 6.54 Å². The molecule has 1 fully saturated rings. The number of carbonyl (C=O) groups excluding carboxylic acids is 1. The molecular weight excluding hydrogens is 331 g/mol. The maximum atomic E-state index is 13.1. The van der Waals surface area contributed by atoms with Gasteiger partial charge < -0.3 is 4.90 Å². The highest BCUT2D eigenvalue weighted by Crippen LogP contribution is 2.31. The van der Waals surface area contributed by atoms with E-state index in [0.29, 0.717) is 0 Å². The molecule has 134 valence electrons. The Hall–Kier alpha value is -2.76. The average Bonchev–Trinajstić information content (AvgIpc) is 3.11. The lowest BCUT2D eigenvalue weighted by Crippen LogP contribution is -2.40. The molecule has 0 N–H and O–H groups in total. The van der Waals surface area contributed by atoms with Crippen molar-refractivity contribution in [2.24, 2.45) is 0 Å². The van der Waals surface area contributed by atoms with Crippen LogP contribution in [0.2, 0.25) is 0 Å². The van der Waals surface area contributed by atoms with Gasteiger partial charge in [0.1, 0.15) is 18.0 Å². The number of hydrogen-bond donors (Lipinski definition) is 0. The minimum atomic E-state index is -0.288. The number of carbonyl (C=O) groups is 1. The molecule has 1 amide bonds. The van der Waals surface area contributed by atoms with Crippen LogP contribution in [-0.2, 0) is 11.2 Å². The van der Waals surface area contributed by atoms with Crippen molar-refractivity contribution < 1.29 is 9.18 Å². The number of aryl methyl sites for hydroxylation is 1. The summed E-state index contributed by atoms with van der Waals surface area (Å²) in [5, 5.41) is 0. The minimum Gasteiger partial charge on any atom is -0.332 e. The standard InChI is InChI=1S/C20H21FN4O/c1-14-10-17-12-22-13-25(17)20(23-14)18-4-2-3-9-24(18)19(26)11-15-5-7-16(21)8-6-15/h5-8,10,12-13,18H,2-4,9,11H2,1H3. The first-order valence-electron chi connectivity index (χ1n) is 8.95. The number of halogens is 1. The van der Waals surface area contributed by atoms with Crippen molar-refractivity contribution in [1.29, 1.82) is 0 Å². The van der Waals surface area contributed by atoms with Gasteiger partial charge in [-0.2, -0.15) is 0 Å². The maximum Gasteiger partial charge on any atom is 0.227 e. The molecular formula is C20H21FN4O. The number of likely N-dealkylation sites (tertiary alicyclic amines) is 1. The van der Waals surface area contributed by atoms with E-state index in [1.807, 2.05) is 28.5 Å². The van der Waals surface area contributed by atoms with Gasteiger partial charge in [-0.05, 0) is 49.9 Å². The number of nitrogens with zero attached hydrogens (tertiary/aromatic N) is 4. The Balaban J connectivity index is 1.64. The molecule has 0 radical (unpaired) electrons. The molecule has 1 aliphatic rings. The zero-order valence-corrected chi connectivity index (χ0v) is 14.7. The van der Waals surface area contributed by atoms with E-state index in [1.165, 1.54) is 12.1 Å². The van der Waals surface area contributed by atoms with Gasteiger partial charge in [0.15, 0.2) is 0 Å². The van der Waals surface area contributed by atoms with Crippen LogP contribution in [0.3, 0.4) is 0 Å². The van der Waals surface area contributed by atoms with E-state index >= 15 is 0 Å². The van der Waals surface area contributed by atoms with Crippen LogP contribution in [0.4, 0.5) is 4.39 Å². The summed E-state index contributed by atoms with van der Waals surface area (Å²) in [5.41, 5.74) is 2.74. The van der Waals surface area contributed by atoms with Crippen LogP contribution in [0.25, 0.3) is 5.52 Å². The van der Waals surface area contributed by atoms with Crippen molar-refractivity contribution in [1.82, 2.24) is 19.3 Å². The summed E-state index contributed by atoms with van der Waals surface area (Å²) in [6.07, 6.45) is 6.79. The summed E-state index contributed by atoms with van der Waals surface area (Å²) < 4.78 is 15.1. The fourth-order valence-electron chi connectivity index (χ4n) is 3.70. The van der Waals surface area contributed by atoms with Crippen LogP contribution >= 0.6 is 0 Å². The summed E-state index contributed by atoms with van der Waals surface area (Å²) >= 11 is 0. The molecule has 26 heavy (non-hydrogen) atoms. The lowest BCUT2D eigenvalue weighted by atomic mass is 9.99. The molecule has 0 bridgehead atoms. The van der Waals surface area contributed by atoms with Crippen molar-refractivity contribution in [2.45, 2.75) is 38.6 Å². The Labute approximate surface area is 151 Å². The number of imidazole rings is 1. The van der Waals surface area contributed by atoms with Gasteiger partial charge >= 0.3 is 0 Å². The van der Waals surface area contributed by atoms with Crippen LogP contribution in [0.1, 0.15) is 42.4 Å². The minimum absolute atomic E-state index is 0.0536. The van der Waals surface area contributed by atoms with Crippen LogP contribution in [0.15, 0.2) is 42.9 Å². The molecule has 1 unspecified atom stereocenters. The number of hydrogen-bond acceptors (Lipinski definition) is 3. The second-order valence-electron chi connectivity index (χ2n) is 6.85. The lowest BCUT2D eigenvalue weighted by molar-refractivity contribution is -0.134. The second kappa shape index (κ2) is 6.86. The molecule has 1 atom stereocenters. The van der Waals surface area contributed by atoms with E-state index in [-0.39, 0.29) is 24.2 Å². The Bertz CT molecular complexity index is 935. The van der Waals surface area contributed by atoms with Crippen LogP contribution in [0, 0.1) is 12.7 Å². The molecule has 0 spiro atoms. The van der Waals surface area contributed by atoms with Gasteiger partial charge in [-0.1, -0.05) is 12.1 Å². The summed E-state index contributed by atoms with van der Waals surface area (Å²) in [4.78, 5) is 23.9. The summed E-state index contributed by atoms with van der Waals surface area (Å²) in [6, 6.07) is 8.06. The fourth-order valence-corrected chi connectivity index (χ4v) is 3.70. The van der Waals surface area contributed by atoms with Gasteiger partial charge in [0.25, 0.3) is 0 Å². The third kappa shape index (κ3) is 3.19. The SMILES string of the molecule is Cc1cc2cncn2c(C2CCCCN2C(=O)Cc2ccc(F)cc2)n1. The van der Waals surface area contributed by atoms with Gasteiger partial charge in [-0.3, -0.25) is 9.20 Å². The Kier molecular flexibility index (Phi) is 4.41. The molecule has 3 heterocycles. The monoisotopic (exact) mass is 352 g/mol. The molecule has 0 saturated carbocycles. The lowest BCUT2D eigenvalue weighted by Gasteiger charge is -2.35. The van der Waals surface area contributed by atoms with E-state index in [4.69, 9.17) is 4.98 Å². The number of rotatable bonds is 3. The summed E-state index contributed by atoms with van der Waals surface area (Å²) in [7, 11) is 0. The zero-order valence-electron chi connectivity index (χ0n) is 14.7. The first kappa shape index (κ1) is 16.7. The van der Waals surface area contributed by atoms with Gasteiger partial charge in [0, 0.05) is 12.2 Å². The summed E-state index contributed by atoms with van der Waals surface area (Å²) in [6.45, 7) is 2.68. The number of fused-ring (bicyclic) bond motifs is 1. The maximum absolute atomic E-state index is 13.1. The number of piperidine rings is 1. The zero-order chi connectivity index (χ0) is 18.1. The molecule has 4 rings (SSSR count). The Morgan fingerprint density at radius 2 is 2.08 bits per heavy atom. The molecule has 1 saturated heterocycles. The van der Waals surface area contributed by atoms with E-state index < -0.39 is 0 Å². The van der Waals surface area contributed by atoms with Crippen molar-refractivity contribution >= 4 is 11.4 Å². The number of amides is 1. The number of aromatic nitrogens is 3. The highest BCUT2D eigenvalue weighted by atomic mass is 19.1. The smallest absolute Gasteiger partial charge is 0.227 e. The predicted octanol–water partition coefficient (Wildman–Crippen LogP) is 3.47. The van der Waals surface area contributed by atoms with Crippen LogP contribution in [0.5, 0.6) is 0 Å². The largest absolute Gasteiger partial charge is 0.332 e. The normalized spacial score (nSPS) is 17.6. The van der Waals surface area contributed by atoms with E-state index in [1.54, 1.807) is 18.5 Å². The van der Waals surface area contributed by atoms with Crippen molar-refractivity contribution in [3.63, 3.8) is 0 Å². The van der Waals surface area contributed by atoms with Gasteiger partial charge in [-0.15, -0.1) is 0 Å². The van der Waals surface area contributed by atoms with Crippen molar-refractivity contribution in [3.05, 3.63) is 65.8 Å². The summed E-state index contributed by atoms with van der Waals surface area (Å²) in [5.74, 6) is 0.631. The van der Waals surface area contributed by atoms with E-state index in [9.17, 15) is 9.18 Å². The first-order valence-corrected chi connectivity index (χ1v) is 8.95. The van der Waals surface area contributed by atoms with Crippen molar-refractivity contribution in [3.8, 4) is 0 Å². The van der Waals surface area contributed by atoms with E-state index in [2.05, 4.69) is 4.98 Å². The molecule has 0 aliphatic carbocycles. The Morgan fingerprint density at radius 1 is 1.27 bits per heavy atom. The quantitative estimate of drug-likeness (QED) is 0.725. The highest BCUT2D eigenvalue weighted by Gasteiger charge is 2.30. The number of benzene rings is 1. The Morgan fingerprint density at radius 3 is 2.88 bits per heavy atom. The molecule has 6 heteroatoms. The van der Waals surface area contributed by atoms with Crippen LogP contribution in [-0.4, -0.2) is 31.7 Å². The second-order valence-corrected chi connectivity index (χ2v) is 6.85. The molecule has 1 aliphatic heterocycles. The molecule has 1 aromatic carbocycles. The first-order chi connectivity index (χ1) is 12.6. The predicted molar refractivity (Wildman–Crippen MR) is 96.1 cm³/mol. The van der Waals surface area contributed by atoms with Gasteiger partial charge in [-0.25, -0.2) is 14.4 Å². The topological polar surface area (TPSA) is 50.5 Å². The van der Waals surface area contributed by atoms with Crippen LogP contribution < -0.4 is 0 Å². The fraction of sp³-hybridized carbons (Fsp3) is 0.350. The molecule has 3 aromatic rings. The highest BCUT2D eigenvalue weighted by molar-refractivity contribution is 5.79. The third-order valence-corrected chi connectivity index (χ3v) is 4.95. The molecule has 2 aromatic heterocycles. The van der Waals surface area contributed by atoms with Gasteiger partial charge in [0.05, 0.1) is 24.2 Å². The van der Waals surface area contributed by atoms with Gasteiger partial charge in [0.2, 0.25) is 5.91 Å². The average molecular weight is 352 g/mol.